The van der Waals surface area contributed by atoms with Crippen molar-refractivity contribution in [1.29, 1.82) is 0 Å². The van der Waals surface area contributed by atoms with Crippen LogP contribution in [0.15, 0.2) is 71.2 Å². The van der Waals surface area contributed by atoms with Gasteiger partial charge in [-0.3, -0.25) is 9.59 Å². The van der Waals surface area contributed by atoms with Crippen molar-refractivity contribution in [2.45, 2.75) is 39.8 Å². The van der Waals surface area contributed by atoms with Crippen LogP contribution in [0.2, 0.25) is 0 Å². The van der Waals surface area contributed by atoms with Gasteiger partial charge in [-0.25, -0.2) is 0 Å². The highest BCUT2D eigenvalue weighted by Gasteiger charge is 2.29. The molecule has 33 heavy (non-hydrogen) atoms. The van der Waals surface area contributed by atoms with Gasteiger partial charge in [-0.2, -0.15) is 0 Å². The molecule has 0 fully saturated rings. The molecule has 0 aromatic heterocycles. The molecule has 3 aromatic carbocycles. The molecule has 3 rings (SSSR count). The van der Waals surface area contributed by atoms with E-state index in [0.29, 0.717) is 31.2 Å². The maximum atomic E-state index is 13.3. The fraction of sp³-hybridized carbons (Fsp3) is 0.333. The van der Waals surface area contributed by atoms with Gasteiger partial charge in [-0.05, 0) is 50.7 Å². The molecule has 0 saturated carbocycles. The molecule has 3 aromatic rings. The van der Waals surface area contributed by atoms with Crippen molar-refractivity contribution < 1.29 is 14.3 Å². The Kier molecular flexibility index (Phi) is 8.89. The zero-order chi connectivity index (χ0) is 23.8. The van der Waals surface area contributed by atoms with Crippen LogP contribution in [0.25, 0.3) is 10.8 Å². The molecule has 1 N–H and O–H groups in total. The van der Waals surface area contributed by atoms with E-state index in [0.717, 1.165) is 20.8 Å². The number of carbonyl (C=O) groups is 2. The van der Waals surface area contributed by atoms with Gasteiger partial charge in [0.15, 0.2) is 6.61 Å². The van der Waals surface area contributed by atoms with Crippen LogP contribution < -0.4 is 10.1 Å². The summed E-state index contributed by atoms with van der Waals surface area (Å²) in [5.74, 6) is 0.560. The molecule has 0 unspecified atom stereocenters. The van der Waals surface area contributed by atoms with E-state index in [1.807, 2.05) is 87.5 Å². The number of nitrogens with one attached hydrogen (secondary N) is 1. The molecule has 2 amide bonds. The Morgan fingerprint density at radius 3 is 2.39 bits per heavy atom. The molecule has 0 aliphatic carbocycles. The molecule has 0 aliphatic rings. The number of carbonyl (C=O) groups excluding carboxylic acids is 2. The second-order valence-electron chi connectivity index (χ2n) is 8.46. The third kappa shape index (κ3) is 6.57. The summed E-state index contributed by atoms with van der Waals surface area (Å²) in [5.41, 5.74) is 0.966. The van der Waals surface area contributed by atoms with Gasteiger partial charge >= 0.3 is 0 Å². The van der Waals surface area contributed by atoms with Crippen LogP contribution in [0.3, 0.4) is 0 Å². The summed E-state index contributed by atoms with van der Waals surface area (Å²) in [6.07, 6.45) is 0.516. The van der Waals surface area contributed by atoms with Gasteiger partial charge in [-0.15, -0.1) is 0 Å². The number of nitrogens with zero attached hydrogens (tertiary/aromatic N) is 1. The summed E-state index contributed by atoms with van der Waals surface area (Å²) in [6.45, 7) is 6.77. The third-order valence-electron chi connectivity index (χ3n) is 5.45. The molecule has 5 nitrogen and oxygen atoms in total. The lowest BCUT2D eigenvalue weighted by atomic mass is 10.1. The lowest BCUT2D eigenvalue weighted by molar-refractivity contribution is -0.143. The first kappa shape index (κ1) is 24.8. The summed E-state index contributed by atoms with van der Waals surface area (Å²) in [4.78, 5) is 27.9. The lowest BCUT2D eigenvalue weighted by Crippen LogP contribution is -2.50. The predicted molar refractivity (Wildman–Crippen MR) is 136 cm³/mol. The van der Waals surface area contributed by atoms with Crippen LogP contribution in [0, 0.1) is 5.92 Å². The summed E-state index contributed by atoms with van der Waals surface area (Å²) in [7, 11) is 0. The van der Waals surface area contributed by atoms with Crippen molar-refractivity contribution in [1.82, 2.24) is 10.2 Å². The van der Waals surface area contributed by atoms with E-state index < -0.39 is 6.04 Å². The van der Waals surface area contributed by atoms with Crippen LogP contribution in [-0.2, 0) is 16.1 Å². The van der Waals surface area contributed by atoms with E-state index in [4.69, 9.17) is 4.74 Å². The number of amides is 2. The number of hydrogen-bond acceptors (Lipinski definition) is 3. The van der Waals surface area contributed by atoms with E-state index in [-0.39, 0.29) is 18.4 Å². The Morgan fingerprint density at radius 2 is 1.70 bits per heavy atom. The van der Waals surface area contributed by atoms with Gasteiger partial charge in [0.2, 0.25) is 5.91 Å². The molecule has 6 heteroatoms. The topological polar surface area (TPSA) is 58.6 Å². The number of fused-ring (bicyclic) bond motifs is 1. The van der Waals surface area contributed by atoms with Crippen LogP contribution >= 0.6 is 15.9 Å². The van der Waals surface area contributed by atoms with Gasteiger partial charge in [0.05, 0.1) is 4.47 Å². The molecule has 0 radical (unpaired) electrons. The molecule has 0 aliphatic heterocycles. The van der Waals surface area contributed by atoms with Gasteiger partial charge in [-0.1, -0.05) is 81.4 Å². The van der Waals surface area contributed by atoms with Crippen molar-refractivity contribution in [3.8, 4) is 5.75 Å². The summed E-state index contributed by atoms with van der Waals surface area (Å²) in [5, 5.41) is 5.08. The van der Waals surface area contributed by atoms with Gasteiger partial charge < -0.3 is 15.0 Å². The van der Waals surface area contributed by atoms with E-state index in [1.54, 1.807) is 4.90 Å². The van der Waals surface area contributed by atoms with Gasteiger partial charge in [0.1, 0.15) is 11.8 Å². The predicted octanol–water partition coefficient (Wildman–Crippen LogP) is 5.56. The normalized spacial score (nSPS) is 11.9. The average Bonchev–Trinajstić information content (AvgIpc) is 2.82. The Balaban J connectivity index is 1.79. The largest absolute Gasteiger partial charge is 0.483 e. The highest BCUT2D eigenvalue weighted by molar-refractivity contribution is 9.10. The maximum Gasteiger partial charge on any atom is 0.261 e. The van der Waals surface area contributed by atoms with E-state index in [1.165, 1.54) is 0 Å². The van der Waals surface area contributed by atoms with Gasteiger partial charge in [0, 0.05) is 13.1 Å². The van der Waals surface area contributed by atoms with Crippen molar-refractivity contribution in [2.75, 3.05) is 13.2 Å². The summed E-state index contributed by atoms with van der Waals surface area (Å²) in [6, 6.07) is 20.9. The van der Waals surface area contributed by atoms with Crippen molar-refractivity contribution in [3.05, 3.63) is 76.8 Å². The Morgan fingerprint density at radius 1 is 1.00 bits per heavy atom. The van der Waals surface area contributed by atoms with E-state index >= 15 is 0 Å². The zero-order valence-electron chi connectivity index (χ0n) is 19.4. The number of ether oxygens (including phenoxy) is 1. The van der Waals surface area contributed by atoms with E-state index in [2.05, 4.69) is 21.2 Å². The molecule has 0 saturated heterocycles. The second kappa shape index (κ2) is 11.8. The lowest BCUT2D eigenvalue weighted by Gasteiger charge is -2.31. The molecule has 0 spiro atoms. The minimum Gasteiger partial charge on any atom is -0.483 e. The number of hydrogen-bond donors (Lipinski definition) is 1. The minimum atomic E-state index is -0.569. The summed E-state index contributed by atoms with van der Waals surface area (Å²) >= 11 is 3.61. The molecule has 1 atom stereocenters. The van der Waals surface area contributed by atoms with Gasteiger partial charge in [0.25, 0.3) is 5.91 Å². The fourth-order valence-corrected chi connectivity index (χ4v) is 4.28. The number of rotatable bonds is 10. The highest BCUT2D eigenvalue weighted by atomic mass is 79.9. The Bertz CT molecular complexity index is 1090. The van der Waals surface area contributed by atoms with Crippen molar-refractivity contribution in [2.24, 2.45) is 5.92 Å². The molecular weight excluding hydrogens is 480 g/mol. The minimum absolute atomic E-state index is 0.137. The third-order valence-corrected chi connectivity index (χ3v) is 6.26. The molecule has 0 bridgehead atoms. The monoisotopic (exact) mass is 510 g/mol. The standard InChI is InChI=1S/C27H31BrN2O3/c1-4-23(27(32)29-16-19(2)3)30(17-20-10-6-5-7-11-20)25(31)18-33-24-15-14-21-12-8-9-13-22(21)26(24)28/h5-15,19,23H,4,16-18H2,1-3H3,(H,29,32)/t23-/m1/s1. The SMILES string of the molecule is CC[C@H](C(=O)NCC(C)C)N(Cc1ccccc1)C(=O)COc1ccc2ccccc2c1Br. The quantitative estimate of drug-likeness (QED) is 0.388. The summed E-state index contributed by atoms with van der Waals surface area (Å²) < 4.78 is 6.74. The number of benzene rings is 3. The van der Waals surface area contributed by atoms with Crippen LogP contribution in [-0.4, -0.2) is 35.9 Å². The van der Waals surface area contributed by atoms with Crippen molar-refractivity contribution >= 4 is 38.5 Å². The maximum absolute atomic E-state index is 13.3. The first-order chi connectivity index (χ1) is 15.9. The first-order valence-electron chi connectivity index (χ1n) is 11.3. The van der Waals surface area contributed by atoms with Crippen molar-refractivity contribution in [3.63, 3.8) is 0 Å². The molecule has 0 heterocycles. The fourth-order valence-electron chi connectivity index (χ4n) is 3.67. The Labute approximate surface area is 204 Å². The first-order valence-corrected chi connectivity index (χ1v) is 12.1. The zero-order valence-corrected chi connectivity index (χ0v) is 21.0. The van der Waals surface area contributed by atoms with Crippen LogP contribution in [0.1, 0.15) is 32.8 Å². The smallest absolute Gasteiger partial charge is 0.261 e. The highest BCUT2D eigenvalue weighted by Crippen LogP contribution is 2.33. The molecule has 174 valence electrons. The molecular formula is C27H31BrN2O3. The van der Waals surface area contributed by atoms with Crippen LogP contribution in [0.5, 0.6) is 5.75 Å². The second-order valence-corrected chi connectivity index (χ2v) is 9.25. The number of halogens is 1. The van der Waals surface area contributed by atoms with Crippen LogP contribution in [0.4, 0.5) is 0 Å². The van der Waals surface area contributed by atoms with E-state index in [9.17, 15) is 9.59 Å². The Hall–Kier alpha value is -2.86. The average molecular weight is 511 g/mol.